The van der Waals surface area contributed by atoms with E-state index in [9.17, 15) is 26.4 Å². The Morgan fingerprint density at radius 1 is 1.16 bits per heavy atom. The number of rotatable bonds is 8. The molecule has 2 aliphatic heterocycles. The van der Waals surface area contributed by atoms with Gasteiger partial charge in [-0.2, -0.15) is 5.10 Å². The number of hydrogen-bond donors (Lipinski definition) is 0. The molecule has 0 bridgehead atoms. The largest absolute Gasteiger partial charge is 0.464 e. The van der Waals surface area contributed by atoms with Crippen LogP contribution in [0.1, 0.15) is 54.7 Å². The van der Waals surface area contributed by atoms with E-state index in [1.807, 2.05) is 24.3 Å². The average Bonchev–Trinajstić information content (AvgIpc) is 3.69. The molecule has 6 rings (SSSR count). The van der Waals surface area contributed by atoms with Crippen molar-refractivity contribution in [1.29, 1.82) is 0 Å². The molecule has 9 nitrogen and oxygen atoms in total. The predicted octanol–water partition coefficient (Wildman–Crippen LogP) is 5.21. The molecular weight excluding hydrogens is 595 g/mol. The Kier molecular flexibility index (Phi) is 7.93. The van der Waals surface area contributed by atoms with Gasteiger partial charge in [0.1, 0.15) is 16.0 Å². The molecule has 1 unspecified atom stereocenters. The number of anilines is 1. The number of alkyl halides is 3. The Bertz CT molecular complexity index is 1810. The van der Waals surface area contributed by atoms with Crippen molar-refractivity contribution in [3.63, 3.8) is 0 Å². The number of ether oxygens (including phenoxy) is 1. The van der Waals surface area contributed by atoms with Gasteiger partial charge in [-0.3, -0.25) is 4.68 Å². The van der Waals surface area contributed by atoms with Gasteiger partial charge in [-0.05, 0) is 61.6 Å². The van der Waals surface area contributed by atoms with Crippen LogP contribution in [0, 0.1) is 6.92 Å². The normalized spacial score (nSPS) is 18.2. The van der Waals surface area contributed by atoms with Crippen LogP contribution >= 0.6 is 0 Å². The van der Waals surface area contributed by atoms with Gasteiger partial charge in [0.05, 0.1) is 35.9 Å². The van der Waals surface area contributed by atoms with E-state index in [2.05, 4.69) is 15.0 Å². The second kappa shape index (κ2) is 11.6. The number of nitrogens with zero attached hydrogens (tertiary/aromatic N) is 5. The van der Waals surface area contributed by atoms with Crippen molar-refractivity contribution in [3.8, 4) is 11.1 Å². The summed E-state index contributed by atoms with van der Waals surface area (Å²) in [5.74, 6) is -0.656. The monoisotopic (exact) mass is 629 g/mol. The van der Waals surface area contributed by atoms with Crippen LogP contribution in [0.3, 0.4) is 0 Å². The highest BCUT2D eigenvalue weighted by molar-refractivity contribution is 7.91. The second-order valence-electron chi connectivity index (χ2n) is 11.6. The SMILES string of the molecule is CCOC(=O)C(c1ncn2c1C[C@@H](F)C2)n1cc2c(C(F)F)cc(-c3ccc(N4CCC(S(C)(=O)=O)CC4)cc3)c(C)c2n1. The van der Waals surface area contributed by atoms with Gasteiger partial charge in [0, 0.05) is 54.3 Å². The van der Waals surface area contributed by atoms with Crippen LogP contribution in [0.15, 0.2) is 42.9 Å². The molecule has 13 heteroatoms. The molecule has 2 atom stereocenters. The van der Waals surface area contributed by atoms with E-state index in [0.29, 0.717) is 54.0 Å². The summed E-state index contributed by atoms with van der Waals surface area (Å²) in [6.45, 7) is 4.92. The molecule has 4 aromatic rings. The zero-order valence-corrected chi connectivity index (χ0v) is 25.5. The van der Waals surface area contributed by atoms with Gasteiger partial charge in [0.2, 0.25) is 0 Å². The number of carbonyl (C=O) groups excluding carboxylic acids is 1. The van der Waals surface area contributed by atoms with Crippen molar-refractivity contribution in [1.82, 2.24) is 19.3 Å². The third kappa shape index (κ3) is 5.46. The number of fused-ring (bicyclic) bond motifs is 2. The van der Waals surface area contributed by atoms with Crippen LogP contribution in [-0.4, -0.2) is 71.1 Å². The summed E-state index contributed by atoms with van der Waals surface area (Å²) in [5, 5.41) is 4.52. The van der Waals surface area contributed by atoms with E-state index in [1.165, 1.54) is 29.5 Å². The molecule has 0 saturated carbocycles. The van der Waals surface area contributed by atoms with E-state index < -0.39 is 34.4 Å². The first-order valence-corrected chi connectivity index (χ1v) is 16.6. The van der Waals surface area contributed by atoms with Crippen molar-refractivity contribution in [2.24, 2.45) is 0 Å². The lowest BCUT2D eigenvalue weighted by Gasteiger charge is -2.32. The smallest absolute Gasteiger partial charge is 0.337 e. The molecule has 0 N–H and O–H groups in total. The maximum absolute atomic E-state index is 14.5. The number of halogens is 3. The van der Waals surface area contributed by atoms with Crippen LogP contribution in [0.4, 0.5) is 18.9 Å². The number of imidazole rings is 1. The molecular formula is C31H34F3N5O4S. The summed E-state index contributed by atoms with van der Waals surface area (Å²) in [5.41, 5.74) is 3.84. The van der Waals surface area contributed by atoms with Gasteiger partial charge in [-0.15, -0.1) is 0 Å². The first kappa shape index (κ1) is 30.2. The van der Waals surface area contributed by atoms with Gasteiger partial charge in [0.25, 0.3) is 6.43 Å². The maximum Gasteiger partial charge on any atom is 0.337 e. The molecule has 2 aromatic carbocycles. The molecule has 0 amide bonds. The molecule has 2 aromatic heterocycles. The van der Waals surface area contributed by atoms with Crippen molar-refractivity contribution in [2.75, 3.05) is 30.9 Å². The van der Waals surface area contributed by atoms with E-state index in [1.54, 1.807) is 18.4 Å². The number of esters is 1. The van der Waals surface area contributed by atoms with E-state index in [0.717, 1.165) is 11.3 Å². The van der Waals surface area contributed by atoms with Crippen LogP contribution < -0.4 is 4.90 Å². The number of benzene rings is 2. The first-order chi connectivity index (χ1) is 21.0. The van der Waals surface area contributed by atoms with Crippen molar-refractivity contribution in [2.45, 2.75) is 63.5 Å². The molecule has 1 saturated heterocycles. The summed E-state index contributed by atoms with van der Waals surface area (Å²) in [7, 11) is -3.08. The molecule has 1 fully saturated rings. The van der Waals surface area contributed by atoms with E-state index in [4.69, 9.17) is 4.74 Å². The molecule has 0 spiro atoms. The summed E-state index contributed by atoms with van der Waals surface area (Å²) in [6, 6.07) is 7.85. The number of sulfone groups is 1. The Morgan fingerprint density at radius 2 is 1.86 bits per heavy atom. The highest BCUT2D eigenvalue weighted by atomic mass is 32.2. The number of carbonyl (C=O) groups is 1. The number of aryl methyl sites for hydroxylation is 1. The topological polar surface area (TPSA) is 99.3 Å². The molecule has 0 aliphatic carbocycles. The minimum atomic E-state index is -3.08. The number of hydrogen-bond acceptors (Lipinski definition) is 7. The minimum Gasteiger partial charge on any atom is -0.464 e. The van der Waals surface area contributed by atoms with Gasteiger partial charge >= 0.3 is 5.97 Å². The second-order valence-corrected chi connectivity index (χ2v) is 13.9. The molecule has 234 valence electrons. The van der Waals surface area contributed by atoms with Crippen molar-refractivity contribution < 1.29 is 31.1 Å². The fraction of sp³-hybridized carbons (Fsp3) is 0.452. The quantitative estimate of drug-likeness (QED) is 0.247. The maximum atomic E-state index is 14.5. The third-order valence-corrected chi connectivity index (χ3v) is 10.4. The Balaban J connectivity index is 1.37. The highest BCUT2D eigenvalue weighted by Gasteiger charge is 2.35. The minimum absolute atomic E-state index is 0.0865. The number of piperidine rings is 1. The highest BCUT2D eigenvalue weighted by Crippen LogP contribution is 2.38. The fourth-order valence-electron chi connectivity index (χ4n) is 6.44. The van der Waals surface area contributed by atoms with Crippen LogP contribution in [0.2, 0.25) is 0 Å². The molecule has 44 heavy (non-hydrogen) atoms. The number of aromatic nitrogens is 4. The van der Waals surface area contributed by atoms with Crippen molar-refractivity contribution in [3.05, 3.63) is 65.4 Å². The van der Waals surface area contributed by atoms with E-state index in [-0.39, 0.29) is 35.8 Å². The van der Waals surface area contributed by atoms with E-state index >= 15 is 0 Å². The van der Waals surface area contributed by atoms with Gasteiger partial charge in [0.15, 0.2) is 6.04 Å². The first-order valence-electron chi connectivity index (χ1n) is 14.7. The molecule has 0 radical (unpaired) electrons. The lowest BCUT2D eigenvalue weighted by Crippen LogP contribution is -2.38. The average molecular weight is 630 g/mol. The predicted molar refractivity (Wildman–Crippen MR) is 161 cm³/mol. The Morgan fingerprint density at radius 3 is 2.50 bits per heavy atom. The molecule has 4 heterocycles. The summed E-state index contributed by atoms with van der Waals surface area (Å²) >= 11 is 0. The molecule has 2 aliphatic rings. The van der Waals surface area contributed by atoms with Gasteiger partial charge < -0.3 is 14.2 Å². The van der Waals surface area contributed by atoms with Crippen molar-refractivity contribution >= 4 is 32.4 Å². The summed E-state index contributed by atoms with van der Waals surface area (Å²) in [4.78, 5) is 19.7. The van der Waals surface area contributed by atoms with Gasteiger partial charge in [-0.25, -0.2) is 31.4 Å². The van der Waals surface area contributed by atoms with Crippen LogP contribution in [0.25, 0.3) is 22.0 Å². The Labute approximate surface area is 253 Å². The van der Waals surface area contributed by atoms with Crippen LogP contribution in [0.5, 0.6) is 0 Å². The van der Waals surface area contributed by atoms with Gasteiger partial charge in [-0.1, -0.05) is 12.1 Å². The summed E-state index contributed by atoms with van der Waals surface area (Å²) in [6.07, 6.45) is 1.46. The zero-order chi connectivity index (χ0) is 31.3. The lowest BCUT2D eigenvalue weighted by molar-refractivity contribution is -0.146. The third-order valence-electron chi connectivity index (χ3n) is 8.75. The zero-order valence-electron chi connectivity index (χ0n) is 24.7. The lowest BCUT2D eigenvalue weighted by atomic mass is 9.95. The Hall–Kier alpha value is -3.87. The standard InChI is InChI=1S/C31H34F3N5O4S/c1-4-43-31(40)29(28-26-13-20(32)15-38(26)17-35-28)39-16-25-24(30(33)34)14-23(18(2)27(25)36-39)19-5-7-21(8-6-19)37-11-9-22(10-12-37)44(3,41)42/h5-8,14,16-17,20,22,29-30H,4,9-13,15H2,1-3H3/t20-,29?/m1/s1. The fourth-order valence-corrected chi connectivity index (χ4v) is 7.51. The van der Waals surface area contributed by atoms with Crippen LogP contribution in [-0.2, 0) is 32.3 Å². The summed E-state index contributed by atoms with van der Waals surface area (Å²) < 4.78 is 75.3.